The van der Waals surface area contributed by atoms with Crippen LogP contribution >= 0.6 is 0 Å². The van der Waals surface area contributed by atoms with Gasteiger partial charge in [0.05, 0.1) is 12.6 Å². The molecule has 1 fully saturated rings. The molecule has 0 saturated carbocycles. The lowest BCUT2D eigenvalue weighted by atomic mass is 9.98. The van der Waals surface area contributed by atoms with Crippen molar-refractivity contribution in [3.63, 3.8) is 0 Å². The summed E-state index contributed by atoms with van der Waals surface area (Å²) in [6.07, 6.45) is -12.7. The van der Waals surface area contributed by atoms with Crippen LogP contribution in [0.4, 0.5) is 30.7 Å². The predicted molar refractivity (Wildman–Crippen MR) is 78.1 cm³/mol. The highest BCUT2D eigenvalue weighted by Crippen LogP contribution is 2.49. The maximum atomic E-state index is 13.0. The number of aromatic nitrogens is 1. The van der Waals surface area contributed by atoms with E-state index in [2.05, 4.69) is 19.7 Å². The second kappa shape index (κ2) is 7.13. The molecule has 0 amide bonds. The zero-order chi connectivity index (χ0) is 22.3. The Hall–Kier alpha value is -2.97. The minimum Gasteiger partial charge on any atom is -0.423 e. The molecule has 1 aromatic rings. The molecular formula is C14H11F7N4O4. The minimum absolute atomic E-state index is 0.142. The van der Waals surface area contributed by atoms with E-state index in [9.17, 15) is 40.3 Å². The van der Waals surface area contributed by atoms with Gasteiger partial charge >= 0.3 is 30.0 Å². The molecular weight excluding hydrogens is 421 g/mol. The molecule has 2 heterocycles. The molecule has 1 aromatic heterocycles. The largest absolute Gasteiger partial charge is 0.452 e. The molecule has 1 saturated heterocycles. The second-order valence-electron chi connectivity index (χ2n) is 6.00. The summed E-state index contributed by atoms with van der Waals surface area (Å²) in [5, 5.41) is 4.10. The van der Waals surface area contributed by atoms with Gasteiger partial charge < -0.3 is 15.3 Å². The number of carbonyl (C=O) groups is 2. The van der Waals surface area contributed by atoms with Crippen LogP contribution in [-0.4, -0.2) is 46.4 Å². The van der Waals surface area contributed by atoms with Crippen LogP contribution in [0.15, 0.2) is 23.5 Å². The van der Waals surface area contributed by atoms with E-state index in [-0.39, 0.29) is 5.69 Å². The highest BCUT2D eigenvalue weighted by molar-refractivity contribution is 5.95. The molecule has 15 heteroatoms. The summed E-state index contributed by atoms with van der Waals surface area (Å²) < 4.78 is 94.3. The van der Waals surface area contributed by atoms with Crippen LogP contribution < -0.4 is 11.1 Å². The Balaban J connectivity index is 2.16. The molecule has 0 spiro atoms. The number of alkyl halides is 6. The number of nitrogens with two attached hydrogens (primary N) is 1. The molecule has 29 heavy (non-hydrogen) atoms. The van der Waals surface area contributed by atoms with Crippen LogP contribution in [0.3, 0.4) is 0 Å². The summed E-state index contributed by atoms with van der Waals surface area (Å²) in [6.45, 7) is 0.588. The first-order chi connectivity index (χ1) is 13.1. The molecule has 1 unspecified atom stereocenters. The molecule has 1 atom stereocenters. The van der Waals surface area contributed by atoms with Gasteiger partial charge in [-0.15, -0.1) is 0 Å². The van der Waals surface area contributed by atoms with Crippen molar-refractivity contribution in [3.05, 3.63) is 29.8 Å². The third kappa shape index (κ3) is 4.23. The molecule has 0 radical (unpaired) electrons. The van der Waals surface area contributed by atoms with Gasteiger partial charge in [-0.3, -0.25) is 0 Å². The van der Waals surface area contributed by atoms with Gasteiger partial charge in [0, 0.05) is 0 Å². The number of rotatable bonds is 4. The van der Waals surface area contributed by atoms with E-state index in [4.69, 9.17) is 5.73 Å². The number of hydrogen-bond acceptors (Lipinski definition) is 7. The second-order valence-corrected chi connectivity index (χ2v) is 6.00. The number of nitrogens with zero attached hydrogens (tertiary/aromatic N) is 2. The molecule has 8 nitrogen and oxygen atoms in total. The van der Waals surface area contributed by atoms with Gasteiger partial charge in [0.1, 0.15) is 17.1 Å². The van der Waals surface area contributed by atoms with Crippen LogP contribution in [0.2, 0.25) is 0 Å². The van der Waals surface area contributed by atoms with Gasteiger partial charge in [-0.05, 0) is 19.1 Å². The fourth-order valence-corrected chi connectivity index (χ4v) is 2.25. The third-order valence-electron chi connectivity index (χ3n) is 3.68. The smallest absolute Gasteiger partial charge is 0.423 e. The van der Waals surface area contributed by atoms with E-state index in [1.165, 1.54) is 0 Å². The maximum absolute atomic E-state index is 13.0. The Kier molecular flexibility index (Phi) is 5.49. The van der Waals surface area contributed by atoms with Crippen molar-refractivity contribution in [2.24, 2.45) is 10.9 Å². The summed E-state index contributed by atoms with van der Waals surface area (Å²) in [5.41, 5.74) is -2.47. The lowest BCUT2D eigenvalue weighted by molar-refractivity contribution is -0.370. The van der Waals surface area contributed by atoms with Crippen molar-refractivity contribution in [1.29, 1.82) is 0 Å². The number of cyclic esters (lactones) is 1. The standard InChI is InChI=1S/C14H11F7N4O4/c1-11(10(27)28-12(25-11,13(16,17)18)14(19,20)21)4-8(26)29-24-9(22)7-3-2-6(15)5-23-7/h2-3,5,25H,4H2,1H3,(H2,22,24). The minimum atomic E-state index is -6.07. The van der Waals surface area contributed by atoms with Crippen LogP contribution in [0, 0.1) is 5.82 Å². The normalized spacial score (nSPS) is 22.3. The number of halogens is 7. The number of esters is 1. The summed E-state index contributed by atoms with van der Waals surface area (Å²) >= 11 is 0. The maximum Gasteiger partial charge on any atom is 0.452 e. The van der Waals surface area contributed by atoms with Crippen LogP contribution in [0.1, 0.15) is 19.0 Å². The fourth-order valence-electron chi connectivity index (χ4n) is 2.25. The summed E-state index contributed by atoms with van der Waals surface area (Å²) in [6, 6.07) is 2.00. The van der Waals surface area contributed by atoms with Gasteiger partial charge in [0.2, 0.25) is 0 Å². The van der Waals surface area contributed by atoms with E-state index >= 15 is 0 Å². The highest BCUT2D eigenvalue weighted by Gasteiger charge is 2.80. The molecule has 2 rings (SSSR count). The van der Waals surface area contributed by atoms with Crippen LogP contribution in [-0.2, 0) is 19.2 Å². The van der Waals surface area contributed by atoms with Crippen molar-refractivity contribution in [2.45, 2.75) is 37.0 Å². The van der Waals surface area contributed by atoms with Gasteiger partial charge in [-0.1, -0.05) is 5.16 Å². The SMILES string of the molecule is CC1(CC(=O)ON=C(N)c2ccc(F)cn2)NC(C(F)(F)F)(C(F)(F)F)OC1=O. The number of hydrogen-bond donors (Lipinski definition) is 2. The Morgan fingerprint density at radius 2 is 1.86 bits per heavy atom. The molecule has 0 aliphatic carbocycles. The average molecular weight is 432 g/mol. The quantitative estimate of drug-likeness (QED) is 0.185. The van der Waals surface area contributed by atoms with Crippen molar-refractivity contribution in [2.75, 3.05) is 0 Å². The van der Waals surface area contributed by atoms with Gasteiger partial charge in [0.25, 0.3) is 0 Å². The van der Waals surface area contributed by atoms with E-state index in [0.717, 1.165) is 23.6 Å². The van der Waals surface area contributed by atoms with Crippen LogP contribution in [0.25, 0.3) is 0 Å². The number of oxime groups is 1. The Bertz CT molecular complexity index is 824. The van der Waals surface area contributed by atoms with Crippen molar-refractivity contribution in [1.82, 2.24) is 10.3 Å². The summed E-state index contributed by atoms with van der Waals surface area (Å²) in [5.74, 6) is -4.76. The number of amidine groups is 1. The molecule has 0 aromatic carbocycles. The molecule has 1 aliphatic heterocycles. The highest BCUT2D eigenvalue weighted by atomic mass is 19.4. The predicted octanol–water partition coefficient (Wildman–Crippen LogP) is 1.50. The molecule has 3 N–H and O–H groups in total. The van der Waals surface area contributed by atoms with E-state index in [0.29, 0.717) is 6.92 Å². The van der Waals surface area contributed by atoms with E-state index in [1.54, 1.807) is 0 Å². The van der Waals surface area contributed by atoms with E-state index in [1.807, 2.05) is 0 Å². The summed E-state index contributed by atoms with van der Waals surface area (Å²) in [7, 11) is 0. The van der Waals surface area contributed by atoms with Crippen molar-refractivity contribution >= 4 is 17.8 Å². The average Bonchev–Trinajstić information content (AvgIpc) is 2.85. The van der Waals surface area contributed by atoms with Crippen molar-refractivity contribution in [3.8, 4) is 0 Å². The first kappa shape index (κ1) is 22.3. The van der Waals surface area contributed by atoms with E-state index < -0.39 is 53.6 Å². The number of pyridine rings is 1. The number of ether oxygens (including phenoxy) is 1. The van der Waals surface area contributed by atoms with Crippen LogP contribution in [0.5, 0.6) is 0 Å². The van der Waals surface area contributed by atoms with Gasteiger partial charge in [0.15, 0.2) is 5.84 Å². The van der Waals surface area contributed by atoms with Gasteiger partial charge in [-0.2, -0.15) is 26.3 Å². The molecule has 0 bridgehead atoms. The number of nitrogens with one attached hydrogen (secondary N) is 1. The van der Waals surface area contributed by atoms with Gasteiger partial charge in [-0.25, -0.2) is 24.3 Å². The molecule has 1 aliphatic rings. The Labute approximate surface area is 156 Å². The monoisotopic (exact) mass is 432 g/mol. The Morgan fingerprint density at radius 3 is 2.31 bits per heavy atom. The van der Waals surface area contributed by atoms with Crippen molar-refractivity contribution < 1.29 is 49.9 Å². The zero-order valence-electron chi connectivity index (χ0n) is 14.2. The first-order valence-corrected chi connectivity index (χ1v) is 7.43. The first-order valence-electron chi connectivity index (χ1n) is 7.43. The lowest BCUT2D eigenvalue weighted by Gasteiger charge is -2.32. The third-order valence-corrected chi connectivity index (χ3v) is 3.68. The number of carbonyl (C=O) groups excluding carboxylic acids is 2. The zero-order valence-corrected chi connectivity index (χ0v) is 14.2. The topological polar surface area (TPSA) is 116 Å². The summed E-state index contributed by atoms with van der Waals surface area (Å²) in [4.78, 5) is 31.3. The molecule has 160 valence electrons. The fraction of sp³-hybridized carbons (Fsp3) is 0.429. The Morgan fingerprint density at radius 1 is 1.28 bits per heavy atom. The lowest BCUT2D eigenvalue weighted by Crippen LogP contribution is -2.67.